The molecule has 0 bridgehead atoms. The zero-order chi connectivity index (χ0) is 18.7. The highest BCUT2D eigenvalue weighted by atomic mass is 16.5. The van der Waals surface area contributed by atoms with Gasteiger partial charge in [-0.15, -0.1) is 0 Å². The fourth-order valence-electron chi connectivity index (χ4n) is 2.83. The van der Waals surface area contributed by atoms with Crippen LogP contribution in [0.2, 0.25) is 0 Å². The number of carbonyl (C=O) groups excluding carboxylic acids is 2. The zero-order valence-electron chi connectivity index (χ0n) is 15.2. The number of methoxy groups -OCH3 is 1. The van der Waals surface area contributed by atoms with Crippen LogP contribution in [0.5, 0.6) is 5.75 Å². The van der Waals surface area contributed by atoms with Gasteiger partial charge >= 0.3 is 0 Å². The summed E-state index contributed by atoms with van der Waals surface area (Å²) in [6, 6.07) is 14.8. The number of nitrogens with one attached hydrogen (secondary N) is 2. The molecule has 0 heterocycles. The van der Waals surface area contributed by atoms with Crippen LogP contribution in [0.4, 0.5) is 17.1 Å². The maximum Gasteiger partial charge on any atom is 0.228 e. The van der Waals surface area contributed by atoms with E-state index >= 15 is 0 Å². The molecular weight excluding hydrogens is 330 g/mol. The molecule has 2 aromatic carbocycles. The Balaban J connectivity index is 1.55. The van der Waals surface area contributed by atoms with E-state index in [1.54, 1.807) is 19.2 Å². The van der Waals surface area contributed by atoms with E-state index in [4.69, 9.17) is 4.74 Å². The first-order valence-corrected chi connectivity index (χ1v) is 8.51. The highest BCUT2D eigenvalue weighted by Gasteiger charge is 2.48. The van der Waals surface area contributed by atoms with Crippen molar-refractivity contribution in [2.45, 2.75) is 6.42 Å². The van der Waals surface area contributed by atoms with Crippen molar-refractivity contribution in [3.8, 4) is 5.75 Å². The fourth-order valence-corrected chi connectivity index (χ4v) is 2.83. The lowest BCUT2D eigenvalue weighted by Crippen LogP contribution is -2.20. The molecule has 1 fully saturated rings. The number of hydrogen-bond acceptors (Lipinski definition) is 4. The van der Waals surface area contributed by atoms with Crippen LogP contribution < -0.4 is 20.3 Å². The first kappa shape index (κ1) is 17.8. The second-order valence-electron chi connectivity index (χ2n) is 6.57. The van der Waals surface area contributed by atoms with Crippen molar-refractivity contribution in [1.82, 2.24) is 0 Å². The van der Waals surface area contributed by atoms with Crippen molar-refractivity contribution in [2.24, 2.45) is 11.8 Å². The number of anilines is 3. The molecule has 2 N–H and O–H groups in total. The molecule has 0 saturated heterocycles. The summed E-state index contributed by atoms with van der Waals surface area (Å²) in [6.45, 7) is 0. The first-order chi connectivity index (χ1) is 12.5. The Bertz CT molecular complexity index is 802. The van der Waals surface area contributed by atoms with Gasteiger partial charge in [0.15, 0.2) is 0 Å². The number of hydrogen-bond donors (Lipinski definition) is 2. The second-order valence-corrected chi connectivity index (χ2v) is 6.57. The van der Waals surface area contributed by atoms with Crippen LogP contribution in [0.25, 0.3) is 0 Å². The molecule has 1 aliphatic carbocycles. The average Bonchev–Trinajstić information content (AvgIpc) is 3.43. The van der Waals surface area contributed by atoms with Gasteiger partial charge in [-0.1, -0.05) is 12.1 Å². The van der Waals surface area contributed by atoms with Crippen LogP contribution in [-0.4, -0.2) is 33.0 Å². The number of nitrogens with zero attached hydrogens (tertiary/aromatic N) is 1. The lowest BCUT2D eigenvalue weighted by molar-refractivity contribution is -0.122. The van der Waals surface area contributed by atoms with Crippen molar-refractivity contribution in [1.29, 1.82) is 0 Å². The molecule has 2 atom stereocenters. The minimum Gasteiger partial charge on any atom is -0.495 e. The Morgan fingerprint density at radius 3 is 2.19 bits per heavy atom. The minimum absolute atomic E-state index is 0.122. The van der Waals surface area contributed by atoms with Crippen LogP contribution in [-0.2, 0) is 9.59 Å². The van der Waals surface area contributed by atoms with Crippen molar-refractivity contribution < 1.29 is 14.3 Å². The Kier molecular flexibility index (Phi) is 5.11. The highest BCUT2D eigenvalue weighted by molar-refractivity contribution is 6.03. The summed E-state index contributed by atoms with van der Waals surface area (Å²) in [5, 5.41) is 5.72. The quantitative estimate of drug-likeness (QED) is 0.838. The predicted octanol–water partition coefficient (Wildman–Crippen LogP) is 2.97. The molecule has 1 aliphatic rings. The van der Waals surface area contributed by atoms with Gasteiger partial charge in [-0.3, -0.25) is 9.59 Å². The number of amides is 2. The van der Waals surface area contributed by atoms with Gasteiger partial charge in [-0.25, -0.2) is 0 Å². The van der Waals surface area contributed by atoms with Gasteiger partial charge in [0.1, 0.15) is 5.75 Å². The van der Waals surface area contributed by atoms with Crippen LogP contribution in [0, 0.1) is 11.8 Å². The normalized spacial score (nSPS) is 18.0. The molecule has 0 radical (unpaired) electrons. The number of benzene rings is 2. The third-order valence-electron chi connectivity index (χ3n) is 4.48. The van der Waals surface area contributed by atoms with E-state index in [0.717, 1.165) is 11.4 Å². The maximum absolute atomic E-state index is 12.4. The Morgan fingerprint density at radius 1 is 0.962 bits per heavy atom. The molecular formula is C20H23N3O3. The molecule has 136 valence electrons. The molecule has 1 saturated carbocycles. The SMILES string of the molecule is COc1ccccc1NC(=O)C1CC1C(=O)Nc1ccc(N(C)C)cc1. The third kappa shape index (κ3) is 3.96. The Labute approximate surface area is 153 Å². The first-order valence-electron chi connectivity index (χ1n) is 8.51. The van der Waals surface area contributed by atoms with Crippen molar-refractivity contribution in [3.63, 3.8) is 0 Å². The van der Waals surface area contributed by atoms with E-state index in [2.05, 4.69) is 10.6 Å². The summed E-state index contributed by atoms with van der Waals surface area (Å²) in [7, 11) is 5.48. The summed E-state index contributed by atoms with van der Waals surface area (Å²) < 4.78 is 5.23. The van der Waals surface area contributed by atoms with Gasteiger partial charge in [0, 0.05) is 25.5 Å². The molecule has 2 unspecified atom stereocenters. The summed E-state index contributed by atoms with van der Waals surface area (Å²) in [4.78, 5) is 26.7. The lowest BCUT2D eigenvalue weighted by Gasteiger charge is -2.13. The van der Waals surface area contributed by atoms with E-state index in [0.29, 0.717) is 17.9 Å². The van der Waals surface area contributed by atoms with Crippen LogP contribution >= 0.6 is 0 Å². The van der Waals surface area contributed by atoms with Crippen LogP contribution in [0.3, 0.4) is 0 Å². The molecule has 26 heavy (non-hydrogen) atoms. The van der Waals surface area contributed by atoms with E-state index in [1.165, 1.54) is 0 Å². The van der Waals surface area contributed by atoms with Crippen molar-refractivity contribution in [3.05, 3.63) is 48.5 Å². The van der Waals surface area contributed by atoms with Gasteiger partial charge in [0.25, 0.3) is 0 Å². The standard InChI is InChI=1S/C20H23N3O3/c1-23(2)14-10-8-13(9-11-14)21-19(24)15-12-16(15)20(25)22-17-6-4-5-7-18(17)26-3/h4-11,15-16H,12H2,1-3H3,(H,21,24)(H,22,25). The summed E-state index contributed by atoms with van der Waals surface area (Å²) >= 11 is 0. The van der Waals surface area contributed by atoms with E-state index in [1.807, 2.05) is 55.4 Å². The average molecular weight is 353 g/mol. The van der Waals surface area contributed by atoms with Gasteiger partial charge in [-0.05, 0) is 42.8 Å². The number of para-hydroxylation sites is 2. The van der Waals surface area contributed by atoms with E-state index in [-0.39, 0.29) is 23.7 Å². The smallest absolute Gasteiger partial charge is 0.228 e. The van der Waals surface area contributed by atoms with Crippen molar-refractivity contribution in [2.75, 3.05) is 36.7 Å². The van der Waals surface area contributed by atoms with Gasteiger partial charge in [0.2, 0.25) is 11.8 Å². The molecule has 0 aliphatic heterocycles. The maximum atomic E-state index is 12.4. The molecule has 0 spiro atoms. The summed E-state index contributed by atoms with van der Waals surface area (Å²) in [5.74, 6) is -0.275. The van der Waals surface area contributed by atoms with Crippen LogP contribution in [0.15, 0.2) is 48.5 Å². The van der Waals surface area contributed by atoms with Gasteiger partial charge in [-0.2, -0.15) is 0 Å². The van der Waals surface area contributed by atoms with Crippen molar-refractivity contribution >= 4 is 28.9 Å². The minimum atomic E-state index is -0.305. The summed E-state index contributed by atoms with van der Waals surface area (Å²) in [6.07, 6.45) is 0.558. The second kappa shape index (κ2) is 7.47. The largest absolute Gasteiger partial charge is 0.495 e. The molecule has 6 nitrogen and oxygen atoms in total. The topological polar surface area (TPSA) is 70.7 Å². The predicted molar refractivity (Wildman–Crippen MR) is 103 cm³/mol. The lowest BCUT2D eigenvalue weighted by atomic mass is 10.2. The number of ether oxygens (including phenoxy) is 1. The monoisotopic (exact) mass is 353 g/mol. The molecule has 0 aromatic heterocycles. The molecule has 2 aromatic rings. The van der Waals surface area contributed by atoms with Crippen LogP contribution in [0.1, 0.15) is 6.42 Å². The Hall–Kier alpha value is -3.02. The molecule has 2 amide bonds. The highest BCUT2D eigenvalue weighted by Crippen LogP contribution is 2.40. The molecule has 6 heteroatoms. The van der Waals surface area contributed by atoms with E-state index < -0.39 is 0 Å². The Morgan fingerprint density at radius 2 is 1.58 bits per heavy atom. The number of rotatable bonds is 6. The van der Waals surface area contributed by atoms with Gasteiger partial charge in [0.05, 0.1) is 24.6 Å². The number of carbonyl (C=O) groups is 2. The fraction of sp³-hybridized carbons (Fsp3) is 0.300. The third-order valence-corrected chi connectivity index (χ3v) is 4.48. The summed E-state index contributed by atoms with van der Waals surface area (Å²) in [5.41, 5.74) is 2.41. The van der Waals surface area contributed by atoms with E-state index in [9.17, 15) is 9.59 Å². The van der Waals surface area contributed by atoms with Gasteiger partial charge < -0.3 is 20.3 Å². The molecule has 3 rings (SSSR count). The zero-order valence-corrected chi connectivity index (χ0v) is 15.2.